The molecule has 0 aliphatic carbocycles. The fourth-order valence-electron chi connectivity index (χ4n) is 1.70. The summed E-state index contributed by atoms with van der Waals surface area (Å²) in [6.07, 6.45) is 1.59. The molecule has 5 heteroatoms. The number of carbonyl (C=O) groups is 2. The normalized spacial score (nSPS) is 10.2. The molecule has 0 spiro atoms. The van der Waals surface area contributed by atoms with Crippen LogP contribution in [0.15, 0.2) is 24.3 Å². The lowest BCUT2D eigenvalue weighted by molar-refractivity contribution is -0.122. The molecule has 1 rings (SSSR count). The van der Waals surface area contributed by atoms with E-state index < -0.39 is 6.17 Å². The van der Waals surface area contributed by atoms with Crippen LogP contribution >= 0.6 is 0 Å². The Labute approximate surface area is 119 Å². The van der Waals surface area contributed by atoms with Crippen LogP contribution in [0, 0.1) is 0 Å². The van der Waals surface area contributed by atoms with Gasteiger partial charge in [-0.05, 0) is 24.1 Å². The third kappa shape index (κ3) is 5.73. The second-order valence-corrected chi connectivity index (χ2v) is 4.61. The van der Waals surface area contributed by atoms with Gasteiger partial charge in [0.2, 0.25) is 11.8 Å². The Morgan fingerprint density at radius 1 is 1.10 bits per heavy atom. The molecule has 0 bridgehead atoms. The zero-order valence-corrected chi connectivity index (χ0v) is 12.2. The molecule has 0 radical (unpaired) electrons. The van der Waals surface area contributed by atoms with Gasteiger partial charge in [-0.15, -0.1) is 0 Å². The second kappa shape index (κ2) is 8.19. The summed E-state index contributed by atoms with van der Waals surface area (Å²) in [6.45, 7) is 5.63. The van der Waals surface area contributed by atoms with Gasteiger partial charge < -0.3 is 15.4 Å². The molecule has 0 fully saturated rings. The highest BCUT2D eigenvalue weighted by Crippen LogP contribution is 2.17. The topological polar surface area (TPSA) is 67.4 Å². The van der Waals surface area contributed by atoms with Gasteiger partial charge in [0, 0.05) is 13.8 Å². The first-order valence-electron chi connectivity index (χ1n) is 6.80. The maximum atomic E-state index is 11.2. The smallest absolute Gasteiger partial charge is 0.218 e. The third-order valence-corrected chi connectivity index (χ3v) is 2.68. The first-order chi connectivity index (χ1) is 9.52. The molecule has 0 aliphatic rings. The van der Waals surface area contributed by atoms with Crippen molar-refractivity contribution in [1.29, 1.82) is 0 Å². The molecule has 0 aromatic heterocycles. The fourth-order valence-corrected chi connectivity index (χ4v) is 1.70. The SMILES string of the molecule is CCCCOc1ccc(C(NC(C)=O)NC(C)=O)cc1. The van der Waals surface area contributed by atoms with Crippen molar-refractivity contribution in [2.45, 2.75) is 39.8 Å². The molecule has 0 saturated carbocycles. The van der Waals surface area contributed by atoms with Crippen molar-refractivity contribution in [1.82, 2.24) is 10.6 Å². The van der Waals surface area contributed by atoms with Gasteiger partial charge in [0.15, 0.2) is 0 Å². The van der Waals surface area contributed by atoms with E-state index in [0.717, 1.165) is 24.2 Å². The molecule has 1 aromatic rings. The van der Waals surface area contributed by atoms with E-state index >= 15 is 0 Å². The molecule has 2 amide bonds. The molecule has 0 heterocycles. The quantitative estimate of drug-likeness (QED) is 0.593. The number of rotatable bonds is 7. The van der Waals surface area contributed by atoms with Crippen LogP contribution in [0.2, 0.25) is 0 Å². The number of hydrogen-bond donors (Lipinski definition) is 2. The van der Waals surface area contributed by atoms with Gasteiger partial charge in [-0.2, -0.15) is 0 Å². The Hall–Kier alpha value is -2.04. The molecular formula is C15H22N2O3. The van der Waals surface area contributed by atoms with Gasteiger partial charge >= 0.3 is 0 Å². The van der Waals surface area contributed by atoms with Crippen molar-refractivity contribution in [3.63, 3.8) is 0 Å². The average molecular weight is 278 g/mol. The van der Waals surface area contributed by atoms with Crippen LogP contribution in [0.5, 0.6) is 5.75 Å². The summed E-state index contributed by atoms with van der Waals surface area (Å²) in [5.74, 6) is 0.380. The molecule has 0 saturated heterocycles. The maximum Gasteiger partial charge on any atom is 0.218 e. The van der Waals surface area contributed by atoms with Gasteiger partial charge in [-0.3, -0.25) is 9.59 Å². The highest BCUT2D eigenvalue weighted by molar-refractivity contribution is 5.76. The van der Waals surface area contributed by atoms with Crippen molar-refractivity contribution in [2.75, 3.05) is 6.61 Å². The lowest BCUT2D eigenvalue weighted by Crippen LogP contribution is -2.39. The average Bonchev–Trinajstić information content (AvgIpc) is 2.38. The van der Waals surface area contributed by atoms with Crippen molar-refractivity contribution >= 4 is 11.8 Å². The molecule has 0 atom stereocenters. The van der Waals surface area contributed by atoms with Crippen LogP contribution in [-0.4, -0.2) is 18.4 Å². The van der Waals surface area contributed by atoms with Crippen LogP contribution < -0.4 is 15.4 Å². The lowest BCUT2D eigenvalue weighted by Gasteiger charge is -2.19. The molecule has 1 aromatic carbocycles. The molecule has 20 heavy (non-hydrogen) atoms. The summed E-state index contributed by atoms with van der Waals surface area (Å²) in [5, 5.41) is 5.38. The van der Waals surface area contributed by atoms with E-state index in [2.05, 4.69) is 17.6 Å². The molecule has 110 valence electrons. The predicted molar refractivity (Wildman–Crippen MR) is 77.2 cm³/mol. The van der Waals surface area contributed by atoms with E-state index in [1.54, 1.807) is 0 Å². The number of hydrogen-bond acceptors (Lipinski definition) is 3. The Balaban J connectivity index is 2.71. The van der Waals surface area contributed by atoms with Crippen LogP contribution in [0.1, 0.15) is 45.3 Å². The Bertz CT molecular complexity index is 427. The summed E-state index contributed by atoms with van der Waals surface area (Å²) in [7, 11) is 0. The first kappa shape index (κ1) is 16.0. The molecule has 5 nitrogen and oxygen atoms in total. The highest BCUT2D eigenvalue weighted by Gasteiger charge is 2.13. The first-order valence-corrected chi connectivity index (χ1v) is 6.80. The zero-order chi connectivity index (χ0) is 15.0. The van der Waals surface area contributed by atoms with E-state index in [9.17, 15) is 9.59 Å². The van der Waals surface area contributed by atoms with Gasteiger partial charge in [0.1, 0.15) is 11.9 Å². The van der Waals surface area contributed by atoms with Crippen molar-refractivity contribution in [2.24, 2.45) is 0 Å². The van der Waals surface area contributed by atoms with E-state index in [1.807, 2.05) is 24.3 Å². The molecule has 0 aliphatic heterocycles. The Kier molecular flexibility index (Phi) is 6.56. The summed E-state index contributed by atoms with van der Waals surface area (Å²) >= 11 is 0. The zero-order valence-electron chi connectivity index (χ0n) is 12.2. The summed E-state index contributed by atoms with van der Waals surface area (Å²) in [4.78, 5) is 22.3. The minimum Gasteiger partial charge on any atom is -0.494 e. The van der Waals surface area contributed by atoms with Crippen molar-refractivity contribution in [3.8, 4) is 5.75 Å². The molecule has 0 unspecified atom stereocenters. The molecular weight excluding hydrogens is 256 g/mol. The van der Waals surface area contributed by atoms with E-state index in [-0.39, 0.29) is 11.8 Å². The van der Waals surface area contributed by atoms with Crippen molar-refractivity contribution < 1.29 is 14.3 Å². The number of amides is 2. The van der Waals surface area contributed by atoms with Crippen LogP contribution in [0.4, 0.5) is 0 Å². The second-order valence-electron chi connectivity index (χ2n) is 4.61. The minimum atomic E-state index is -0.519. The third-order valence-electron chi connectivity index (χ3n) is 2.68. The summed E-state index contributed by atoms with van der Waals surface area (Å²) < 4.78 is 5.57. The number of carbonyl (C=O) groups excluding carboxylic acids is 2. The fraction of sp³-hybridized carbons (Fsp3) is 0.467. The molecule has 2 N–H and O–H groups in total. The standard InChI is InChI=1S/C15H22N2O3/c1-4-5-10-20-14-8-6-13(7-9-14)15(16-11(2)18)17-12(3)19/h6-9,15H,4-5,10H2,1-3H3,(H,16,18)(H,17,19). The predicted octanol–water partition coefficient (Wildman–Crippen LogP) is 2.14. The number of unbranched alkanes of at least 4 members (excludes halogenated alkanes) is 1. The van der Waals surface area contributed by atoms with Gasteiger partial charge in [-0.1, -0.05) is 25.5 Å². The number of nitrogens with one attached hydrogen (secondary N) is 2. The number of benzene rings is 1. The number of ether oxygens (including phenoxy) is 1. The Morgan fingerprint density at radius 2 is 1.65 bits per heavy atom. The van der Waals surface area contributed by atoms with Gasteiger partial charge in [0.05, 0.1) is 6.61 Å². The minimum absolute atomic E-state index is 0.202. The van der Waals surface area contributed by atoms with E-state index in [4.69, 9.17) is 4.74 Å². The van der Waals surface area contributed by atoms with Gasteiger partial charge in [0.25, 0.3) is 0 Å². The maximum absolute atomic E-state index is 11.2. The van der Waals surface area contributed by atoms with Gasteiger partial charge in [-0.25, -0.2) is 0 Å². The van der Waals surface area contributed by atoms with E-state index in [1.165, 1.54) is 13.8 Å². The van der Waals surface area contributed by atoms with Crippen molar-refractivity contribution in [3.05, 3.63) is 29.8 Å². The lowest BCUT2D eigenvalue weighted by atomic mass is 10.1. The monoisotopic (exact) mass is 278 g/mol. The van der Waals surface area contributed by atoms with Crippen LogP contribution in [0.3, 0.4) is 0 Å². The van der Waals surface area contributed by atoms with E-state index in [0.29, 0.717) is 6.61 Å². The Morgan fingerprint density at radius 3 is 2.10 bits per heavy atom. The van der Waals surface area contributed by atoms with Crippen LogP contribution in [-0.2, 0) is 9.59 Å². The largest absolute Gasteiger partial charge is 0.494 e. The highest BCUT2D eigenvalue weighted by atomic mass is 16.5. The summed E-state index contributed by atoms with van der Waals surface area (Å²) in [5.41, 5.74) is 0.804. The van der Waals surface area contributed by atoms with Crippen LogP contribution in [0.25, 0.3) is 0 Å². The summed E-state index contributed by atoms with van der Waals surface area (Å²) in [6, 6.07) is 7.33.